The zero-order valence-electron chi connectivity index (χ0n) is 11.2. The van der Waals surface area contributed by atoms with Gasteiger partial charge in [-0.3, -0.25) is 4.79 Å². The monoisotopic (exact) mass is 266 g/mol. The van der Waals surface area contributed by atoms with Gasteiger partial charge in [-0.25, -0.2) is 0 Å². The second-order valence-corrected chi connectivity index (χ2v) is 5.22. The minimum atomic E-state index is -0.168. The van der Waals surface area contributed by atoms with Gasteiger partial charge >= 0.3 is 0 Å². The van der Waals surface area contributed by atoms with Gasteiger partial charge in [0.25, 0.3) is 0 Å². The highest BCUT2D eigenvalue weighted by Gasteiger charge is 2.28. The van der Waals surface area contributed by atoms with Gasteiger partial charge in [0, 0.05) is 6.07 Å². The molecule has 1 saturated heterocycles. The average Bonchev–Trinajstić information content (AvgIpc) is 2.26. The second kappa shape index (κ2) is 5.59. The number of ether oxygens (including phenoxy) is 1. The molecule has 0 amide bonds. The molecule has 1 heterocycles. The number of phenolic OH excluding ortho intramolecular Hbond substituents is 2. The summed E-state index contributed by atoms with van der Waals surface area (Å²) in [6.45, 7) is 5.90. The summed E-state index contributed by atoms with van der Waals surface area (Å²) in [6.07, 6.45) is 0.278. The zero-order chi connectivity index (χ0) is 14.0. The van der Waals surface area contributed by atoms with E-state index in [4.69, 9.17) is 4.74 Å². The van der Waals surface area contributed by atoms with Gasteiger partial charge in [0.05, 0.1) is 5.56 Å². The number of hydrogen-bond donors (Lipinski definition) is 3. The molecule has 2 rings (SSSR count). The zero-order valence-corrected chi connectivity index (χ0v) is 11.2. The number of ketones is 1. The highest BCUT2D eigenvalue weighted by Crippen LogP contribution is 2.22. The minimum Gasteiger partial charge on any atom is -0.508 e. The Bertz CT molecular complexity index is 465. The summed E-state index contributed by atoms with van der Waals surface area (Å²) < 4.78 is 5.63. The van der Waals surface area contributed by atoms with E-state index in [1.165, 1.54) is 18.2 Å². The van der Waals surface area contributed by atoms with E-state index in [0.29, 0.717) is 6.54 Å². The first-order valence-corrected chi connectivity index (χ1v) is 6.50. The van der Waals surface area contributed by atoms with Gasteiger partial charge in [-0.05, 0) is 26.0 Å². The average molecular weight is 266 g/mol. The highest BCUT2D eigenvalue weighted by molar-refractivity contribution is 5.99. The largest absolute Gasteiger partial charge is 0.508 e. The molecule has 0 unspecified atom stereocenters. The molecule has 0 bridgehead atoms. The lowest BCUT2D eigenvalue weighted by molar-refractivity contribution is -0.906. The van der Waals surface area contributed by atoms with Crippen LogP contribution in [-0.4, -0.2) is 47.8 Å². The van der Waals surface area contributed by atoms with Crippen LogP contribution in [0.1, 0.15) is 24.2 Å². The van der Waals surface area contributed by atoms with Gasteiger partial charge in [-0.1, -0.05) is 0 Å². The van der Waals surface area contributed by atoms with Crippen molar-refractivity contribution in [3.8, 4) is 11.5 Å². The normalized spacial score (nSPS) is 27.2. The predicted molar refractivity (Wildman–Crippen MR) is 69.7 cm³/mol. The van der Waals surface area contributed by atoms with E-state index in [1.54, 1.807) is 0 Å². The molecule has 5 nitrogen and oxygen atoms in total. The Kier molecular flexibility index (Phi) is 4.07. The Balaban J connectivity index is 2.04. The molecule has 19 heavy (non-hydrogen) atoms. The summed E-state index contributed by atoms with van der Waals surface area (Å²) in [6, 6.07) is 4.06. The summed E-state index contributed by atoms with van der Waals surface area (Å²) in [5, 5.41) is 18.9. The van der Waals surface area contributed by atoms with Gasteiger partial charge in [-0.2, -0.15) is 0 Å². The van der Waals surface area contributed by atoms with Crippen LogP contribution in [0, 0.1) is 0 Å². The smallest absolute Gasteiger partial charge is 0.220 e. The molecule has 5 heteroatoms. The molecular formula is C14H20NO4+. The van der Waals surface area contributed by atoms with Crippen LogP contribution < -0.4 is 4.90 Å². The molecule has 0 spiro atoms. The van der Waals surface area contributed by atoms with Crippen molar-refractivity contribution in [1.29, 1.82) is 0 Å². The topological polar surface area (TPSA) is 71.2 Å². The number of quaternary nitrogens is 1. The summed E-state index contributed by atoms with van der Waals surface area (Å²) in [4.78, 5) is 13.3. The molecule has 2 atom stereocenters. The van der Waals surface area contributed by atoms with E-state index in [0.717, 1.165) is 18.0 Å². The van der Waals surface area contributed by atoms with Gasteiger partial charge in [-0.15, -0.1) is 0 Å². The number of rotatable bonds is 3. The molecule has 0 radical (unpaired) electrons. The quantitative estimate of drug-likeness (QED) is 0.672. The Hall–Kier alpha value is -1.59. The molecule has 1 aliphatic heterocycles. The standard InChI is InChI=1S/C14H19NO4/c1-9-6-15(7-10(2)19-9)8-14(18)12-4-3-11(16)5-13(12)17/h3-5,9-10,16-17H,6-8H2,1-2H3/p+1/t9-,10-/m1/s1. The maximum atomic E-state index is 12.2. The lowest BCUT2D eigenvalue weighted by atomic mass is 10.1. The first-order chi connectivity index (χ1) is 8.95. The van der Waals surface area contributed by atoms with Crippen molar-refractivity contribution in [2.45, 2.75) is 26.1 Å². The fourth-order valence-corrected chi connectivity index (χ4v) is 2.61. The summed E-state index contributed by atoms with van der Waals surface area (Å²) >= 11 is 0. The maximum Gasteiger partial charge on any atom is 0.220 e. The summed E-state index contributed by atoms with van der Waals surface area (Å²) in [5.41, 5.74) is 0.261. The van der Waals surface area contributed by atoms with Gasteiger partial charge in [0.2, 0.25) is 5.78 Å². The van der Waals surface area contributed by atoms with Crippen molar-refractivity contribution >= 4 is 5.78 Å². The number of benzene rings is 1. The molecular weight excluding hydrogens is 246 g/mol. The van der Waals surface area contributed by atoms with Crippen LogP contribution in [0.2, 0.25) is 0 Å². The Morgan fingerprint density at radius 3 is 2.53 bits per heavy atom. The second-order valence-electron chi connectivity index (χ2n) is 5.22. The van der Waals surface area contributed by atoms with Crippen molar-refractivity contribution in [3.05, 3.63) is 23.8 Å². The van der Waals surface area contributed by atoms with Crippen LogP contribution in [0.3, 0.4) is 0 Å². The Morgan fingerprint density at radius 1 is 1.32 bits per heavy atom. The number of hydrogen-bond acceptors (Lipinski definition) is 4. The van der Waals surface area contributed by atoms with Crippen LogP contribution in [0.25, 0.3) is 0 Å². The van der Waals surface area contributed by atoms with E-state index < -0.39 is 0 Å². The van der Waals surface area contributed by atoms with Gasteiger partial charge < -0.3 is 19.8 Å². The molecule has 104 valence electrons. The third-order valence-corrected chi connectivity index (χ3v) is 3.31. The van der Waals surface area contributed by atoms with E-state index in [9.17, 15) is 15.0 Å². The molecule has 1 aromatic carbocycles. The maximum absolute atomic E-state index is 12.2. The van der Waals surface area contributed by atoms with Gasteiger partial charge in [0.15, 0.2) is 0 Å². The van der Waals surface area contributed by atoms with Crippen LogP contribution in [0.15, 0.2) is 18.2 Å². The molecule has 1 fully saturated rings. The number of carbonyl (C=O) groups excluding carboxylic acids is 1. The first kappa shape index (κ1) is 13.8. The number of phenols is 2. The van der Waals surface area contributed by atoms with E-state index in [-0.39, 0.29) is 35.1 Å². The number of morpholine rings is 1. The minimum absolute atomic E-state index is 0.0463. The highest BCUT2D eigenvalue weighted by atomic mass is 16.5. The Morgan fingerprint density at radius 2 is 1.95 bits per heavy atom. The fourth-order valence-electron chi connectivity index (χ4n) is 2.61. The van der Waals surface area contributed by atoms with E-state index >= 15 is 0 Å². The number of carbonyl (C=O) groups is 1. The molecule has 0 aliphatic carbocycles. The molecule has 0 aromatic heterocycles. The number of Topliss-reactive ketones (excluding diaryl/α,β-unsaturated/α-hetero) is 1. The van der Waals surface area contributed by atoms with Crippen molar-refractivity contribution in [1.82, 2.24) is 0 Å². The predicted octanol–water partition coefficient (Wildman–Crippen LogP) is -0.0274. The third-order valence-electron chi connectivity index (χ3n) is 3.31. The van der Waals surface area contributed by atoms with E-state index in [2.05, 4.69) is 0 Å². The summed E-state index contributed by atoms with van der Waals surface area (Å²) in [5.74, 6) is -0.331. The molecule has 1 aliphatic rings. The van der Waals surface area contributed by atoms with Crippen molar-refractivity contribution in [3.63, 3.8) is 0 Å². The lowest BCUT2D eigenvalue weighted by Crippen LogP contribution is -3.16. The van der Waals surface area contributed by atoms with Crippen LogP contribution in [0.4, 0.5) is 0 Å². The summed E-state index contributed by atoms with van der Waals surface area (Å²) in [7, 11) is 0. The van der Waals surface area contributed by atoms with Crippen molar-refractivity contribution < 1.29 is 24.6 Å². The van der Waals surface area contributed by atoms with E-state index in [1.807, 2.05) is 13.8 Å². The molecule has 1 aromatic rings. The first-order valence-electron chi connectivity index (χ1n) is 6.50. The number of aromatic hydroxyl groups is 2. The Labute approximate surface area is 112 Å². The molecule has 3 N–H and O–H groups in total. The molecule has 0 saturated carbocycles. The van der Waals surface area contributed by atoms with Crippen molar-refractivity contribution in [2.75, 3.05) is 19.6 Å². The van der Waals surface area contributed by atoms with Crippen LogP contribution in [-0.2, 0) is 4.74 Å². The van der Waals surface area contributed by atoms with Crippen LogP contribution in [0.5, 0.6) is 11.5 Å². The fraction of sp³-hybridized carbons (Fsp3) is 0.500. The third kappa shape index (κ3) is 3.45. The van der Waals surface area contributed by atoms with Gasteiger partial charge in [0.1, 0.15) is 43.3 Å². The lowest BCUT2D eigenvalue weighted by Gasteiger charge is -2.31. The van der Waals surface area contributed by atoms with Crippen molar-refractivity contribution in [2.24, 2.45) is 0 Å². The number of nitrogens with one attached hydrogen (secondary N) is 1. The SMILES string of the molecule is C[C@@H]1C[NH+](CC(=O)c2ccc(O)cc2O)C[C@@H](C)O1. The van der Waals surface area contributed by atoms with Crippen LogP contribution >= 0.6 is 0 Å².